The molecule has 2 aromatic rings. The lowest BCUT2D eigenvalue weighted by molar-refractivity contribution is 0.303. The lowest BCUT2D eigenvalue weighted by Gasteiger charge is -2.32. The van der Waals surface area contributed by atoms with E-state index in [0.717, 1.165) is 18.5 Å². The molecule has 0 aliphatic heterocycles. The maximum absolute atomic E-state index is 9.92. The fourth-order valence-corrected chi connectivity index (χ4v) is 2.88. The van der Waals surface area contributed by atoms with E-state index in [-0.39, 0.29) is 5.92 Å². The Morgan fingerprint density at radius 1 is 1.10 bits per heavy atom. The van der Waals surface area contributed by atoms with Gasteiger partial charge < -0.3 is 4.90 Å². The van der Waals surface area contributed by atoms with Gasteiger partial charge in [0, 0.05) is 0 Å². The van der Waals surface area contributed by atoms with Crippen molar-refractivity contribution in [1.82, 2.24) is 4.90 Å². The van der Waals surface area contributed by atoms with Gasteiger partial charge in [-0.3, -0.25) is 0 Å². The fraction of sp³-hybridized carbons (Fsp3) is 0.421. The van der Waals surface area contributed by atoms with Crippen molar-refractivity contribution in [2.24, 2.45) is 5.92 Å². The molecule has 0 aromatic heterocycles. The highest BCUT2D eigenvalue weighted by Crippen LogP contribution is 2.36. The molecule has 110 valence electrons. The second kappa shape index (κ2) is 6.28. The number of nitrogens with zero attached hydrogens (tertiary/aromatic N) is 2. The number of hydrogen-bond acceptors (Lipinski definition) is 2. The molecular formula is C19H24N2. The van der Waals surface area contributed by atoms with Crippen LogP contribution in [0.2, 0.25) is 0 Å². The summed E-state index contributed by atoms with van der Waals surface area (Å²) in [6.07, 6.45) is 0.854. The van der Waals surface area contributed by atoms with Gasteiger partial charge in [-0.2, -0.15) is 5.26 Å². The molecule has 1 atom stereocenters. The average molecular weight is 280 g/mol. The van der Waals surface area contributed by atoms with Crippen LogP contribution in [-0.2, 0) is 5.41 Å². The average Bonchev–Trinajstić information content (AvgIpc) is 2.47. The highest BCUT2D eigenvalue weighted by molar-refractivity contribution is 5.83. The van der Waals surface area contributed by atoms with Crippen LogP contribution in [0, 0.1) is 17.2 Å². The number of benzene rings is 2. The quantitative estimate of drug-likeness (QED) is 0.820. The van der Waals surface area contributed by atoms with Crippen molar-refractivity contribution in [3.63, 3.8) is 0 Å². The molecule has 0 heterocycles. The summed E-state index contributed by atoms with van der Waals surface area (Å²) in [6, 6.07) is 17.4. The van der Waals surface area contributed by atoms with Crippen LogP contribution in [0.3, 0.4) is 0 Å². The fourth-order valence-electron chi connectivity index (χ4n) is 2.88. The second-order valence-corrected chi connectivity index (χ2v) is 6.35. The highest BCUT2D eigenvalue weighted by atomic mass is 15.0. The maximum Gasteiger partial charge on any atom is 0.0857 e. The number of rotatable bonds is 5. The van der Waals surface area contributed by atoms with Gasteiger partial charge in [0.05, 0.1) is 11.5 Å². The third kappa shape index (κ3) is 3.09. The molecule has 2 nitrogen and oxygen atoms in total. The van der Waals surface area contributed by atoms with Crippen molar-refractivity contribution >= 4 is 10.8 Å². The summed E-state index contributed by atoms with van der Waals surface area (Å²) >= 11 is 0. The number of nitriles is 1. The largest absolute Gasteiger partial charge is 0.309 e. The Labute approximate surface area is 128 Å². The lowest BCUT2D eigenvalue weighted by atomic mass is 9.70. The second-order valence-electron chi connectivity index (χ2n) is 6.35. The molecule has 0 bridgehead atoms. The zero-order chi connectivity index (χ0) is 15.5. The normalized spacial score (nSPS) is 14.3. The zero-order valence-corrected chi connectivity index (χ0v) is 13.4. The van der Waals surface area contributed by atoms with Gasteiger partial charge in [-0.25, -0.2) is 0 Å². The van der Waals surface area contributed by atoms with Gasteiger partial charge >= 0.3 is 0 Å². The first-order valence-electron chi connectivity index (χ1n) is 7.55. The smallest absolute Gasteiger partial charge is 0.0857 e. The van der Waals surface area contributed by atoms with Crippen molar-refractivity contribution in [2.75, 3.05) is 20.6 Å². The molecular weight excluding hydrogens is 256 g/mol. The molecule has 21 heavy (non-hydrogen) atoms. The Balaban J connectivity index is 2.50. The molecule has 0 aliphatic carbocycles. The van der Waals surface area contributed by atoms with Gasteiger partial charge in [0.25, 0.3) is 0 Å². The van der Waals surface area contributed by atoms with Crippen LogP contribution in [0.1, 0.15) is 25.8 Å². The van der Waals surface area contributed by atoms with Crippen LogP contribution in [0.4, 0.5) is 0 Å². The van der Waals surface area contributed by atoms with Crippen molar-refractivity contribution in [3.05, 3.63) is 48.0 Å². The Kier molecular flexibility index (Phi) is 4.65. The number of hydrogen-bond donors (Lipinski definition) is 0. The van der Waals surface area contributed by atoms with Gasteiger partial charge in [-0.15, -0.1) is 0 Å². The first-order chi connectivity index (χ1) is 9.99. The molecule has 0 spiro atoms. The van der Waals surface area contributed by atoms with Crippen LogP contribution in [-0.4, -0.2) is 25.5 Å². The SMILES string of the molecule is CC(C)[C@](C#N)(CCN(C)C)c1ccc2ccccc2c1. The molecule has 2 rings (SSSR count). The van der Waals surface area contributed by atoms with E-state index in [1.165, 1.54) is 10.8 Å². The Morgan fingerprint density at radius 3 is 2.33 bits per heavy atom. The zero-order valence-electron chi connectivity index (χ0n) is 13.4. The summed E-state index contributed by atoms with van der Waals surface area (Å²) < 4.78 is 0. The molecule has 0 saturated heterocycles. The molecule has 0 N–H and O–H groups in total. The minimum atomic E-state index is -0.422. The van der Waals surface area contributed by atoms with Crippen molar-refractivity contribution in [3.8, 4) is 6.07 Å². The van der Waals surface area contributed by atoms with E-state index in [4.69, 9.17) is 0 Å². The maximum atomic E-state index is 9.92. The van der Waals surface area contributed by atoms with Crippen LogP contribution in [0.25, 0.3) is 10.8 Å². The predicted octanol–water partition coefficient (Wildman–Crippen LogP) is 4.21. The van der Waals surface area contributed by atoms with E-state index in [2.05, 4.69) is 75.3 Å². The summed E-state index contributed by atoms with van der Waals surface area (Å²) in [5.74, 6) is 0.281. The van der Waals surface area contributed by atoms with Crippen LogP contribution < -0.4 is 0 Å². The highest BCUT2D eigenvalue weighted by Gasteiger charge is 2.35. The topological polar surface area (TPSA) is 27.0 Å². The lowest BCUT2D eigenvalue weighted by Crippen LogP contribution is -2.34. The first kappa shape index (κ1) is 15.5. The monoisotopic (exact) mass is 280 g/mol. The molecule has 0 radical (unpaired) electrons. The summed E-state index contributed by atoms with van der Waals surface area (Å²) in [7, 11) is 4.12. The van der Waals surface area contributed by atoms with Gasteiger partial charge in [-0.1, -0.05) is 50.2 Å². The van der Waals surface area contributed by atoms with E-state index in [1.54, 1.807) is 0 Å². The Morgan fingerprint density at radius 2 is 1.76 bits per heavy atom. The van der Waals surface area contributed by atoms with Crippen molar-refractivity contribution in [1.29, 1.82) is 5.26 Å². The number of fused-ring (bicyclic) bond motifs is 1. The van der Waals surface area contributed by atoms with E-state index in [9.17, 15) is 5.26 Å². The van der Waals surface area contributed by atoms with Gasteiger partial charge in [0.1, 0.15) is 0 Å². The van der Waals surface area contributed by atoms with Gasteiger partial charge in [0.15, 0.2) is 0 Å². The molecule has 0 unspecified atom stereocenters. The van der Waals surface area contributed by atoms with E-state index in [0.29, 0.717) is 0 Å². The third-order valence-electron chi connectivity index (χ3n) is 4.40. The van der Waals surface area contributed by atoms with Crippen LogP contribution in [0.15, 0.2) is 42.5 Å². The van der Waals surface area contributed by atoms with Gasteiger partial charge in [0.2, 0.25) is 0 Å². The summed E-state index contributed by atoms with van der Waals surface area (Å²) in [5.41, 5.74) is 0.717. The Bertz CT molecular complexity index is 652. The predicted molar refractivity (Wildman–Crippen MR) is 89.2 cm³/mol. The third-order valence-corrected chi connectivity index (χ3v) is 4.40. The van der Waals surface area contributed by atoms with Crippen LogP contribution >= 0.6 is 0 Å². The van der Waals surface area contributed by atoms with Gasteiger partial charge in [-0.05, 0) is 55.4 Å². The van der Waals surface area contributed by atoms with E-state index in [1.807, 2.05) is 6.07 Å². The molecule has 0 fully saturated rings. The minimum absolute atomic E-state index is 0.281. The molecule has 0 amide bonds. The molecule has 0 saturated carbocycles. The summed E-state index contributed by atoms with van der Waals surface area (Å²) in [6.45, 7) is 5.21. The molecule has 2 aromatic carbocycles. The molecule has 0 aliphatic rings. The molecule has 2 heteroatoms. The Hall–Kier alpha value is -1.85. The summed E-state index contributed by atoms with van der Waals surface area (Å²) in [5, 5.41) is 12.4. The standard InChI is InChI=1S/C19H24N2/c1-15(2)19(14-20,11-12-21(3)4)18-10-9-16-7-5-6-8-17(16)13-18/h5-10,13,15H,11-12H2,1-4H3/t19-/m1/s1. The first-order valence-corrected chi connectivity index (χ1v) is 7.55. The minimum Gasteiger partial charge on any atom is -0.309 e. The van der Waals surface area contributed by atoms with E-state index >= 15 is 0 Å². The van der Waals surface area contributed by atoms with Crippen molar-refractivity contribution in [2.45, 2.75) is 25.7 Å². The van der Waals surface area contributed by atoms with Crippen molar-refractivity contribution < 1.29 is 0 Å². The van der Waals surface area contributed by atoms with Crippen LogP contribution in [0.5, 0.6) is 0 Å². The van der Waals surface area contributed by atoms with E-state index < -0.39 is 5.41 Å². The summed E-state index contributed by atoms with van der Waals surface area (Å²) in [4.78, 5) is 2.15.